The molecule has 0 fully saturated rings. The molecule has 0 radical (unpaired) electrons. The van der Waals surface area contributed by atoms with E-state index in [0.29, 0.717) is 12.5 Å². The Morgan fingerprint density at radius 1 is 1.46 bits per heavy atom. The lowest BCUT2D eigenvalue weighted by Crippen LogP contribution is -2.33. The Morgan fingerprint density at radius 2 is 2.00 bits per heavy atom. The second-order valence-electron chi connectivity index (χ2n) is 3.30. The molecule has 0 aromatic carbocycles. The van der Waals surface area contributed by atoms with Gasteiger partial charge in [-0.1, -0.05) is 20.3 Å². The first-order valence-corrected chi connectivity index (χ1v) is 6.58. The van der Waals surface area contributed by atoms with E-state index < -0.39 is 10.0 Å². The van der Waals surface area contributed by atoms with E-state index in [2.05, 4.69) is 0 Å². The Morgan fingerprint density at radius 3 is 2.38 bits per heavy atom. The van der Waals surface area contributed by atoms with Gasteiger partial charge in [-0.2, -0.15) is 0 Å². The molecule has 3 nitrogen and oxygen atoms in total. The third-order valence-corrected chi connectivity index (χ3v) is 4.31. The molecular formula is C8H18ClNO2S. The predicted octanol–water partition coefficient (Wildman–Crippen LogP) is 1.53. The number of rotatable bonds is 6. The van der Waals surface area contributed by atoms with Gasteiger partial charge >= 0.3 is 0 Å². The van der Waals surface area contributed by atoms with E-state index in [4.69, 9.17) is 11.6 Å². The number of alkyl halides is 1. The Kier molecular flexibility index (Phi) is 5.92. The average molecular weight is 228 g/mol. The summed E-state index contributed by atoms with van der Waals surface area (Å²) in [5.74, 6) is 0.587. The van der Waals surface area contributed by atoms with Crippen molar-refractivity contribution >= 4 is 21.6 Å². The molecule has 5 heteroatoms. The van der Waals surface area contributed by atoms with Crippen LogP contribution < -0.4 is 0 Å². The highest BCUT2D eigenvalue weighted by atomic mass is 35.5. The SMILES string of the molecule is CCC(C)CN(C)S(=O)(=O)CCCl. The number of hydrogen-bond acceptors (Lipinski definition) is 2. The maximum absolute atomic E-state index is 11.4. The van der Waals surface area contributed by atoms with E-state index in [1.807, 2.05) is 13.8 Å². The molecule has 0 aromatic heterocycles. The standard InChI is InChI=1S/C8H18ClNO2S/c1-4-8(2)7-10(3)13(11,12)6-5-9/h8H,4-7H2,1-3H3. The predicted molar refractivity (Wildman–Crippen MR) is 56.6 cm³/mol. The summed E-state index contributed by atoms with van der Waals surface area (Å²) in [4.78, 5) is 0. The van der Waals surface area contributed by atoms with Gasteiger partial charge in [0.15, 0.2) is 0 Å². The van der Waals surface area contributed by atoms with Gasteiger partial charge in [0.25, 0.3) is 0 Å². The number of hydrogen-bond donors (Lipinski definition) is 0. The van der Waals surface area contributed by atoms with Crippen LogP contribution in [0.15, 0.2) is 0 Å². The zero-order valence-corrected chi connectivity index (χ0v) is 10.0. The highest BCUT2D eigenvalue weighted by Gasteiger charge is 2.18. The van der Waals surface area contributed by atoms with Gasteiger partial charge < -0.3 is 0 Å². The van der Waals surface area contributed by atoms with Gasteiger partial charge in [0.05, 0.1) is 5.75 Å². The molecule has 0 bridgehead atoms. The molecule has 1 atom stereocenters. The second kappa shape index (κ2) is 5.83. The molecule has 0 aromatic rings. The van der Waals surface area contributed by atoms with Crippen molar-refractivity contribution in [3.63, 3.8) is 0 Å². The summed E-state index contributed by atoms with van der Waals surface area (Å²) in [5.41, 5.74) is 0. The molecule has 0 aliphatic carbocycles. The largest absolute Gasteiger partial charge is 0.215 e. The van der Waals surface area contributed by atoms with Crippen LogP contribution in [-0.2, 0) is 10.0 Å². The van der Waals surface area contributed by atoms with Crippen LogP contribution in [0.5, 0.6) is 0 Å². The third kappa shape index (κ3) is 4.84. The fourth-order valence-corrected chi connectivity index (χ4v) is 2.51. The zero-order chi connectivity index (χ0) is 10.5. The highest BCUT2D eigenvalue weighted by molar-refractivity contribution is 7.89. The summed E-state index contributed by atoms with van der Waals surface area (Å²) in [6.07, 6.45) is 0.987. The topological polar surface area (TPSA) is 37.4 Å². The maximum atomic E-state index is 11.4. The van der Waals surface area contributed by atoms with Crippen LogP contribution in [0.25, 0.3) is 0 Å². The van der Waals surface area contributed by atoms with Crippen molar-refractivity contribution in [3.8, 4) is 0 Å². The van der Waals surface area contributed by atoms with E-state index >= 15 is 0 Å². The quantitative estimate of drug-likeness (QED) is 0.646. The summed E-state index contributed by atoms with van der Waals surface area (Å²) in [6, 6.07) is 0. The minimum atomic E-state index is -3.11. The van der Waals surface area contributed by atoms with Crippen LogP contribution in [0.1, 0.15) is 20.3 Å². The molecule has 13 heavy (non-hydrogen) atoms. The van der Waals surface area contributed by atoms with E-state index in [-0.39, 0.29) is 11.6 Å². The van der Waals surface area contributed by atoms with Crippen LogP contribution in [0, 0.1) is 5.92 Å². The van der Waals surface area contributed by atoms with E-state index in [1.165, 1.54) is 4.31 Å². The summed E-state index contributed by atoms with van der Waals surface area (Å²) in [5, 5.41) is 0. The van der Waals surface area contributed by atoms with Gasteiger partial charge in [-0.05, 0) is 5.92 Å². The summed E-state index contributed by atoms with van der Waals surface area (Å²) in [6.45, 7) is 4.66. The first kappa shape index (κ1) is 13.2. The molecule has 0 spiro atoms. The monoisotopic (exact) mass is 227 g/mol. The van der Waals surface area contributed by atoms with Crippen molar-refractivity contribution in [2.45, 2.75) is 20.3 Å². The molecule has 0 aliphatic heterocycles. The molecule has 0 rings (SSSR count). The lowest BCUT2D eigenvalue weighted by molar-refractivity contribution is 0.394. The van der Waals surface area contributed by atoms with E-state index in [1.54, 1.807) is 7.05 Å². The van der Waals surface area contributed by atoms with E-state index in [0.717, 1.165) is 6.42 Å². The lowest BCUT2D eigenvalue weighted by atomic mass is 10.1. The second-order valence-corrected chi connectivity index (χ2v) is 5.87. The van der Waals surface area contributed by atoms with Gasteiger partial charge in [-0.3, -0.25) is 0 Å². The maximum Gasteiger partial charge on any atom is 0.215 e. The molecule has 0 saturated carbocycles. The minimum absolute atomic E-state index is 0.0293. The number of halogens is 1. The average Bonchev–Trinajstić information content (AvgIpc) is 2.04. The molecule has 0 aliphatic rings. The lowest BCUT2D eigenvalue weighted by Gasteiger charge is -2.19. The van der Waals surface area contributed by atoms with Gasteiger partial charge in [-0.25, -0.2) is 12.7 Å². The minimum Gasteiger partial charge on any atom is -0.212 e. The highest BCUT2D eigenvalue weighted by Crippen LogP contribution is 2.07. The normalized spacial score (nSPS) is 14.8. The molecule has 0 N–H and O–H groups in total. The van der Waals surface area contributed by atoms with Crippen molar-refractivity contribution in [3.05, 3.63) is 0 Å². The van der Waals surface area contributed by atoms with Gasteiger partial charge in [0.2, 0.25) is 10.0 Å². The molecule has 0 amide bonds. The van der Waals surface area contributed by atoms with Crippen LogP contribution in [0.3, 0.4) is 0 Å². The summed E-state index contributed by atoms with van der Waals surface area (Å²) in [7, 11) is -1.51. The summed E-state index contributed by atoms with van der Waals surface area (Å²) >= 11 is 5.39. The molecule has 80 valence electrons. The van der Waals surface area contributed by atoms with Crippen LogP contribution in [0.2, 0.25) is 0 Å². The Balaban J connectivity index is 4.17. The van der Waals surface area contributed by atoms with Crippen LogP contribution >= 0.6 is 11.6 Å². The Hall–Kier alpha value is 0.200. The van der Waals surface area contributed by atoms with Crippen molar-refractivity contribution in [2.24, 2.45) is 5.92 Å². The van der Waals surface area contributed by atoms with Crippen LogP contribution in [0.4, 0.5) is 0 Å². The number of sulfonamides is 1. The van der Waals surface area contributed by atoms with Crippen molar-refractivity contribution < 1.29 is 8.42 Å². The Labute approximate surface area is 86.1 Å². The molecule has 1 unspecified atom stereocenters. The van der Waals surface area contributed by atoms with Crippen molar-refractivity contribution in [2.75, 3.05) is 25.2 Å². The smallest absolute Gasteiger partial charge is 0.212 e. The first-order valence-electron chi connectivity index (χ1n) is 4.44. The number of nitrogens with zero attached hydrogens (tertiary/aromatic N) is 1. The fourth-order valence-electron chi connectivity index (χ4n) is 0.935. The molecule has 0 saturated heterocycles. The van der Waals surface area contributed by atoms with Gasteiger partial charge in [0, 0.05) is 19.5 Å². The molecule has 0 heterocycles. The van der Waals surface area contributed by atoms with Gasteiger partial charge in [-0.15, -0.1) is 11.6 Å². The van der Waals surface area contributed by atoms with Crippen LogP contribution in [-0.4, -0.2) is 37.9 Å². The van der Waals surface area contributed by atoms with E-state index in [9.17, 15) is 8.42 Å². The molecular weight excluding hydrogens is 210 g/mol. The van der Waals surface area contributed by atoms with Crippen molar-refractivity contribution in [1.29, 1.82) is 0 Å². The Bertz CT molecular complexity index is 228. The van der Waals surface area contributed by atoms with Crippen molar-refractivity contribution in [1.82, 2.24) is 4.31 Å². The first-order chi connectivity index (χ1) is 5.94. The summed E-state index contributed by atoms with van der Waals surface area (Å²) < 4.78 is 24.2. The third-order valence-electron chi connectivity index (χ3n) is 2.08. The fraction of sp³-hybridized carbons (Fsp3) is 1.00. The zero-order valence-electron chi connectivity index (χ0n) is 8.46. The van der Waals surface area contributed by atoms with Gasteiger partial charge in [0.1, 0.15) is 0 Å².